The fraction of sp³-hybridized carbons (Fsp3) is 0.595. The van der Waals surface area contributed by atoms with E-state index in [0.717, 1.165) is 31.4 Å². The molecule has 1 unspecified atom stereocenters. The van der Waals surface area contributed by atoms with Crippen molar-refractivity contribution in [2.75, 3.05) is 19.6 Å². The molecule has 2 saturated carbocycles. The topological polar surface area (TPSA) is 146 Å². The van der Waals surface area contributed by atoms with Crippen LogP contribution in [0, 0.1) is 17.3 Å². The quantitative estimate of drug-likeness (QED) is 0.302. The minimum atomic E-state index is -4.55. The van der Waals surface area contributed by atoms with Crippen molar-refractivity contribution in [3.8, 4) is 0 Å². The predicted molar refractivity (Wildman–Crippen MR) is 194 cm³/mol. The smallest absolute Gasteiger partial charge is 0.343 e. The lowest BCUT2D eigenvalue weighted by Gasteiger charge is -2.36. The molecule has 1 aromatic carbocycles. The number of carbonyl (C=O) groups is 4. The summed E-state index contributed by atoms with van der Waals surface area (Å²) in [5, 5.41) is 2.21. The van der Waals surface area contributed by atoms with Gasteiger partial charge in [-0.1, -0.05) is 32.9 Å². The highest BCUT2D eigenvalue weighted by Gasteiger charge is 2.62. The molecule has 53 heavy (non-hydrogen) atoms. The molecule has 0 bridgehead atoms. The molecule has 2 N–H and O–H groups in total. The van der Waals surface area contributed by atoms with E-state index in [1.807, 2.05) is 20.8 Å². The van der Waals surface area contributed by atoms with Gasteiger partial charge in [0.1, 0.15) is 11.6 Å². The Bertz CT molecular complexity index is 1910. The summed E-state index contributed by atoms with van der Waals surface area (Å²) < 4.78 is 67.9. The molecule has 4 aliphatic rings. The van der Waals surface area contributed by atoms with Gasteiger partial charge in [-0.3, -0.25) is 28.9 Å². The Morgan fingerprint density at radius 3 is 2.40 bits per heavy atom. The maximum atomic E-state index is 14.6. The first-order valence-corrected chi connectivity index (χ1v) is 20.5. The second-order valence-corrected chi connectivity index (χ2v) is 19.1. The molecule has 2 saturated heterocycles. The minimum absolute atomic E-state index is 0.0502. The lowest BCUT2D eigenvalue weighted by molar-refractivity contribution is -0.148. The summed E-state index contributed by atoms with van der Waals surface area (Å²) in [5.74, 6) is -3.36. The lowest BCUT2D eigenvalue weighted by Crippen LogP contribution is -2.57. The van der Waals surface area contributed by atoms with Gasteiger partial charge in [-0.25, -0.2) is 8.42 Å². The number of benzene rings is 1. The average Bonchev–Trinajstić information content (AvgIpc) is 4.03. The van der Waals surface area contributed by atoms with E-state index in [4.69, 9.17) is 0 Å². The highest BCUT2D eigenvalue weighted by molar-refractivity contribution is 8.00. The predicted octanol–water partition coefficient (Wildman–Crippen LogP) is 5.05. The molecule has 0 radical (unpaired) electrons. The molecule has 288 valence electrons. The van der Waals surface area contributed by atoms with Crippen LogP contribution in [0.5, 0.6) is 0 Å². The van der Waals surface area contributed by atoms with Crippen LogP contribution in [0.1, 0.15) is 77.7 Å². The third kappa shape index (κ3) is 8.37. The average molecular weight is 778 g/mol. The van der Waals surface area contributed by atoms with Gasteiger partial charge in [0.15, 0.2) is 0 Å². The van der Waals surface area contributed by atoms with Crippen LogP contribution < -0.4 is 10.0 Å². The van der Waals surface area contributed by atoms with E-state index in [0.29, 0.717) is 36.2 Å². The molecular weight excluding hydrogens is 732 g/mol. The first-order chi connectivity index (χ1) is 24.8. The number of piperidine rings is 1. The monoisotopic (exact) mass is 777 g/mol. The Hall–Kier alpha value is -3.66. The molecule has 2 aromatic rings. The largest absolute Gasteiger partial charge is 0.416 e. The van der Waals surface area contributed by atoms with Crippen molar-refractivity contribution in [3.63, 3.8) is 0 Å². The Labute approximate surface area is 311 Å². The fourth-order valence-electron chi connectivity index (χ4n) is 7.39. The van der Waals surface area contributed by atoms with Gasteiger partial charge in [0.25, 0.3) is 5.91 Å². The number of nitrogens with one attached hydrogen (secondary N) is 2. The zero-order chi connectivity index (χ0) is 38.5. The number of amides is 4. The zero-order valence-electron chi connectivity index (χ0n) is 30.1. The van der Waals surface area contributed by atoms with E-state index < -0.39 is 78.8 Å². The van der Waals surface area contributed by atoms with Crippen molar-refractivity contribution in [3.05, 3.63) is 48.7 Å². The van der Waals surface area contributed by atoms with Gasteiger partial charge in [-0.15, -0.1) is 18.3 Å². The first-order valence-electron chi connectivity index (χ1n) is 18.1. The van der Waals surface area contributed by atoms with Gasteiger partial charge in [-0.2, -0.15) is 13.2 Å². The number of hydrogen-bond acceptors (Lipinski definition) is 8. The van der Waals surface area contributed by atoms with Gasteiger partial charge < -0.3 is 15.1 Å². The van der Waals surface area contributed by atoms with Crippen LogP contribution in [0.25, 0.3) is 10.9 Å². The summed E-state index contributed by atoms with van der Waals surface area (Å²) in [5.41, 5.74) is -2.92. The van der Waals surface area contributed by atoms with E-state index in [2.05, 4.69) is 21.6 Å². The van der Waals surface area contributed by atoms with Gasteiger partial charge in [0.2, 0.25) is 27.7 Å². The summed E-state index contributed by atoms with van der Waals surface area (Å²) in [6.07, 6.45) is 2.24. The number of fused-ring (bicyclic) bond motifs is 1. The van der Waals surface area contributed by atoms with Crippen LogP contribution in [-0.2, 0) is 35.4 Å². The number of pyridine rings is 1. The number of alkyl halides is 3. The van der Waals surface area contributed by atoms with Crippen LogP contribution in [0.15, 0.2) is 48.0 Å². The van der Waals surface area contributed by atoms with Gasteiger partial charge >= 0.3 is 6.18 Å². The van der Waals surface area contributed by atoms with Gasteiger partial charge in [0, 0.05) is 53.7 Å². The van der Waals surface area contributed by atoms with Crippen molar-refractivity contribution in [2.45, 2.75) is 105 Å². The van der Waals surface area contributed by atoms with Crippen molar-refractivity contribution in [1.82, 2.24) is 24.8 Å². The number of carbonyl (C=O) groups excluding carboxylic acids is 4. The van der Waals surface area contributed by atoms with Crippen LogP contribution in [0.4, 0.5) is 13.2 Å². The van der Waals surface area contributed by atoms with Crippen molar-refractivity contribution >= 4 is 56.3 Å². The van der Waals surface area contributed by atoms with Crippen molar-refractivity contribution in [2.24, 2.45) is 17.3 Å². The minimum Gasteiger partial charge on any atom is -0.343 e. The standard InChI is InChI=1S/C37H46F3N5O6S2/c1-5-22-20-36(22,34(49)43-53(50,51)25-10-11-25)42-32(47)29-18-24(52-30-13-14-41-28-17-23(37(38,39)40)9-12-26(28)30)21-45(29)33(48)27(35(2,3)4)19-31(46)44-15-7-6-8-16-44/h5,9,12-14,17,22,24-25,27,29H,1,6-8,10-11,15-16,18-21H2,2-4H3,(H,42,47)(H,43,49)/t22-,24-,27?,29+,36-/m1/s1. The number of nitrogens with zero attached hydrogens (tertiary/aromatic N) is 3. The molecule has 1 aromatic heterocycles. The zero-order valence-corrected chi connectivity index (χ0v) is 31.7. The maximum Gasteiger partial charge on any atom is 0.416 e. The number of rotatable bonds is 11. The number of sulfonamides is 1. The van der Waals surface area contributed by atoms with Crippen LogP contribution in [-0.4, -0.2) is 88.5 Å². The van der Waals surface area contributed by atoms with Gasteiger partial charge in [-0.05, 0) is 68.6 Å². The Morgan fingerprint density at radius 2 is 1.79 bits per heavy atom. The summed E-state index contributed by atoms with van der Waals surface area (Å²) in [6, 6.07) is 3.91. The van der Waals surface area contributed by atoms with Crippen LogP contribution >= 0.6 is 11.8 Å². The van der Waals surface area contributed by atoms with E-state index in [9.17, 15) is 40.8 Å². The molecule has 0 spiro atoms. The SMILES string of the molecule is C=C[C@@H]1C[C@]1(NC(=O)[C@@H]1C[C@@H](Sc2ccnc3cc(C(F)(F)F)ccc23)CN1C(=O)C(CC(=O)N1CCCCC1)C(C)(C)C)C(=O)NS(=O)(=O)C1CC1. The summed E-state index contributed by atoms with van der Waals surface area (Å²) in [7, 11) is -3.92. The van der Waals surface area contributed by atoms with Crippen molar-refractivity contribution < 1.29 is 40.8 Å². The third-order valence-electron chi connectivity index (χ3n) is 10.9. The second-order valence-electron chi connectivity index (χ2n) is 15.8. The van der Waals surface area contributed by atoms with E-state index in [1.165, 1.54) is 35.0 Å². The summed E-state index contributed by atoms with van der Waals surface area (Å²) in [6.45, 7) is 10.7. The van der Waals surface area contributed by atoms with Crippen LogP contribution in [0.3, 0.4) is 0 Å². The lowest BCUT2D eigenvalue weighted by atomic mass is 9.77. The molecule has 6 rings (SSSR count). The molecule has 4 fully saturated rings. The molecule has 5 atom stereocenters. The number of aromatic nitrogens is 1. The van der Waals surface area contributed by atoms with E-state index in [-0.39, 0.29) is 37.2 Å². The first kappa shape index (κ1) is 39.0. The highest BCUT2D eigenvalue weighted by atomic mass is 32.2. The number of likely N-dealkylation sites (tertiary alicyclic amines) is 2. The molecule has 3 heterocycles. The summed E-state index contributed by atoms with van der Waals surface area (Å²) in [4.78, 5) is 63.9. The normalized spacial score (nSPS) is 25.5. The number of halogens is 3. The molecule has 2 aliphatic heterocycles. The van der Waals surface area contributed by atoms with Gasteiger partial charge in [0.05, 0.1) is 22.2 Å². The van der Waals surface area contributed by atoms with E-state index >= 15 is 0 Å². The van der Waals surface area contributed by atoms with Crippen LogP contribution in [0.2, 0.25) is 0 Å². The molecule has 2 aliphatic carbocycles. The fourth-order valence-corrected chi connectivity index (χ4v) is 10.1. The second kappa shape index (κ2) is 14.5. The maximum absolute atomic E-state index is 14.6. The molecular formula is C37H46F3N5O6S2. The van der Waals surface area contributed by atoms with Crippen molar-refractivity contribution in [1.29, 1.82) is 0 Å². The summed E-state index contributed by atoms with van der Waals surface area (Å²) >= 11 is 1.31. The highest BCUT2D eigenvalue weighted by Crippen LogP contribution is 2.46. The molecule has 16 heteroatoms. The third-order valence-corrected chi connectivity index (χ3v) is 14.0. The Kier molecular flexibility index (Phi) is 10.7. The molecule has 11 nitrogen and oxygen atoms in total. The number of hydrogen-bond donors (Lipinski definition) is 2. The number of thioether (sulfide) groups is 1. The van der Waals surface area contributed by atoms with E-state index in [1.54, 1.807) is 11.0 Å². The molecule has 4 amide bonds. The Balaban J connectivity index is 1.29. The Morgan fingerprint density at radius 1 is 1.09 bits per heavy atom.